The monoisotopic (exact) mass is 312 g/mol. The van der Waals surface area contributed by atoms with Crippen LogP contribution in [-0.4, -0.2) is 33.5 Å². The number of benzene rings is 1. The van der Waals surface area contributed by atoms with Crippen molar-refractivity contribution < 1.29 is 4.79 Å². The van der Waals surface area contributed by atoms with Crippen LogP contribution in [0.15, 0.2) is 30.5 Å². The minimum atomic E-state index is -0.0712. The molecule has 1 aromatic carbocycles. The normalized spacial score (nSPS) is 15.3. The summed E-state index contributed by atoms with van der Waals surface area (Å²) in [5.41, 5.74) is 3.48. The van der Waals surface area contributed by atoms with Crippen LogP contribution in [0.25, 0.3) is 0 Å². The van der Waals surface area contributed by atoms with Crippen molar-refractivity contribution in [3.05, 3.63) is 53.1 Å². The SMILES string of the molecule is Cc1cccc(CC2(NC(=O)N(C)Cc3ncc(C)[nH]3)CC2)c1. The maximum atomic E-state index is 12.4. The fourth-order valence-electron chi connectivity index (χ4n) is 2.88. The summed E-state index contributed by atoms with van der Waals surface area (Å²) in [4.78, 5) is 21.5. The average Bonchev–Trinajstić information content (AvgIpc) is 3.11. The van der Waals surface area contributed by atoms with E-state index < -0.39 is 0 Å². The third-order valence-corrected chi connectivity index (χ3v) is 4.34. The second-order valence-corrected chi connectivity index (χ2v) is 6.75. The number of aromatic amines is 1. The molecule has 2 N–H and O–H groups in total. The highest BCUT2D eigenvalue weighted by Gasteiger charge is 2.44. The number of rotatable bonds is 5. The van der Waals surface area contributed by atoms with Gasteiger partial charge in [-0.1, -0.05) is 29.8 Å². The Morgan fingerprint density at radius 1 is 1.39 bits per heavy atom. The van der Waals surface area contributed by atoms with Gasteiger partial charge in [0, 0.05) is 24.5 Å². The zero-order chi connectivity index (χ0) is 16.4. The fraction of sp³-hybridized carbons (Fsp3) is 0.444. The van der Waals surface area contributed by atoms with Crippen molar-refractivity contribution in [2.75, 3.05) is 7.05 Å². The molecule has 2 aromatic rings. The topological polar surface area (TPSA) is 61.0 Å². The van der Waals surface area contributed by atoms with Crippen LogP contribution in [0.3, 0.4) is 0 Å². The molecule has 1 aliphatic carbocycles. The first-order chi connectivity index (χ1) is 11.0. The van der Waals surface area contributed by atoms with Crippen LogP contribution in [0.1, 0.15) is 35.5 Å². The molecule has 0 aliphatic heterocycles. The molecule has 1 fully saturated rings. The van der Waals surface area contributed by atoms with Gasteiger partial charge in [0.1, 0.15) is 5.82 Å². The highest BCUT2D eigenvalue weighted by atomic mass is 16.2. The van der Waals surface area contributed by atoms with E-state index in [9.17, 15) is 4.79 Å². The summed E-state index contributed by atoms with van der Waals surface area (Å²) in [5, 5.41) is 3.21. The number of hydrogen-bond acceptors (Lipinski definition) is 2. The quantitative estimate of drug-likeness (QED) is 0.891. The summed E-state index contributed by atoms with van der Waals surface area (Å²) in [5.74, 6) is 0.809. The maximum absolute atomic E-state index is 12.4. The Kier molecular flexibility index (Phi) is 4.11. The Hall–Kier alpha value is -2.30. The first-order valence-electron chi connectivity index (χ1n) is 8.05. The smallest absolute Gasteiger partial charge is 0.317 e. The molecule has 0 bridgehead atoms. The Morgan fingerprint density at radius 2 is 2.17 bits per heavy atom. The number of imidazole rings is 1. The van der Waals surface area contributed by atoms with E-state index in [-0.39, 0.29) is 11.6 Å². The third kappa shape index (κ3) is 3.92. The number of urea groups is 1. The molecule has 0 radical (unpaired) electrons. The number of H-pyrrole nitrogens is 1. The van der Waals surface area contributed by atoms with E-state index in [0.29, 0.717) is 6.54 Å². The van der Waals surface area contributed by atoms with Gasteiger partial charge in [0.05, 0.1) is 6.54 Å². The number of carbonyl (C=O) groups is 1. The Balaban J connectivity index is 1.58. The molecular formula is C18H24N4O. The van der Waals surface area contributed by atoms with Crippen molar-refractivity contribution in [1.29, 1.82) is 0 Å². The summed E-state index contributed by atoms with van der Waals surface area (Å²) in [6, 6.07) is 8.47. The molecule has 23 heavy (non-hydrogen) atoms. The maximum Gasteiger partial charge on any atom is 0.317 e. The standard InChI is InChI=1S/C18H24N4O/c1-13-5-4-6-15(9-13)10-18(7-8-18)21-17(23)22(3)12-16-19-11-14(2)20-16/h4-6,9,11H,7-8,10,12H2,1-3H3,(H,19,20)(H,21,23). The van der Waals surface area contributed by atoms with Crippen molar-refractivity contribution in [2.45, 2.75) is 45.2 Å². The second-order valence-electron chi connectivity index (χ2n) is 6.75. The molecule has 0 saturated heterocycles. The van der Waals surface area contributed by atoms with Crippen molar-refractivity contribution >= 4 is 6.03 Å². The second kappa shape index (κ2) is 6.07. The van der Waals surface area contributed by atoms with E-state index in [1.807, 2.05) is 6.92 Å². The highest BCUT2D eigenvalue weighted by Crippen LogP contribution is 2.38. The molecule has 5 heteroatoms. The lowest BCUT2D eigenvalue weighted by molar-refractivity contribution is 0.200. The number of aromatic nitrogens is 2. The Labute approximate surface area is 137 Å². The lowest BCUT2D eigenvalue weighted by atomic mass is 10.0. The van der Waals surface area contributed by atoms with E-state index in [4.69, 9.17) is 0 Å². The molecule has 122 valence electrons. The Morgan fingerprint density at radius 3 is 2.78 bits per heavy atom. The average molecular weight is 312 g/mol. The largest absolute Gasteiger partial charge is 0.345 e. The van der Waals surface area contributed by atoms with Crippen LogP contribution < -0.4 is 5.32 Å². The van der Waals surface area contributed by atoms with Crippen molar-refractivity contribution in [3.63, 3.8) is 0 Å². The van der Waals surface area contributed by atoms with Crippen LogP contribution in [0, 0.1) is 13.8 Å². The first kappa shape index (κ1) is 15.6. The summed E-state index contributed by atoms with van der Waals surface area (Å²) in [7, 11) is 1.80. The number of amides is 2. The predicted molar refractivity (Wildman–Crippen MR) is 90.2 cm³/mol. The summed E-state index contributed by atoms with van der Waals surface area (Å²) in [6.45, 7) is 4.54. The zero-order valence-electron chi connectivity index (χ0n) is 14.0. The molecule has 1 aliphatic rings. The number of hydrogen-bond donors (Lipinski definition) is 2. The Bertz CT molecular complexity index is 703. The van der Waals surface area contributed by atoms with E-state index in [1.54, 1.807) is 18.1 Å². The third-order valence-electron chi connectivity index (χ3n) is 4.34. The summed E-state index contributed by atoms with van der Waals surface area (Å²) >= 11 is 0. The molecule has 0 atom stereocenters. The van der Waals surface area contributed by atoms with Crippen LogP contribution >= 0.6 is 0 Å². The van der Waals surface area contributed by atoms with Gasteiger partial charge >= 0.3 is 6.03 Å². The van der Waals surface area contributed by atoms with Gasteiger partial charge in [-0.3, -0.25) is 0 Å². The van der Waals surface area contributed by atoms with Gasteiger partial charge in [-0.2, -0.15) is 0 Å². The molecule has 5 nitrogen and oxygen atoms in total. The highest BCUT2D eigenvalue weighted by molar-refractivity contribution is 5.75. The molecule has 1 saturated carbocycles. The van der Waals surface area contributed by atoms with Gasteiger partial charge in [-0.25, -0.2) is 9.78 Å². The van der Waals surface area contributed by atoms with Gasteiger partial charge in [-0.05, 0) is 38.7 Å². The lowest BCUT2D eigenvalue weighted by Gasteiger charge is -2.23. The lowest BCUT2D eigenvalue weighted by Crippen LogP contribution is -2.45. The number of nitrogens with zero attached hydrogens (tertiary/aromatic N) is 2. The molecule has 1 aromatic heterocycles. The minimum absolute atomic E-state index is 0.0378. The predicted octanol–water partition coefficient (Wildman–Crippen LogP) is 2.94. The molecule has 1 heterocycles. The first-order valence-corrected chi connectivity index (χ1v) is 8.05. The van der Waals surface area contributed by atoms with E-state index >= 15 is 0 Å². The molecular weight excluding hydrogens is 288 g/mol. The summed E-state index contributed by atoms with van der Waals surface area (Å²) < 4.78 is 0. The molecule has 3 rings (SSSR count). The number of nitrogens with one attached hydrogen (secondary N) is 2. The van der Waals surface area contributed by atoms with Crippen LogP contribution in [0.4, 0.5) is 4.79 Å². The summed E-state index contributed by atoms with van der Waals surface area (Å²) in [6.07, 6.45) is 4.76. The van der Waals surface area contributed by atoms with Crippen LogP contribution in [-0.2, 0) is 13.0 Å². The molecule has 0 spiro atoms. The molecule has 2 amide bonds. The van der Waals surface area contributed by atoms with Crippen LogP contribution in [0.2, 0.25) is 0 Å². The zero-order valence-corrected chi connectivity index (χ0v) is 14.0. The number of aryl methyl sites for hydroxylation is 2. The van der Waals surface area contributed by atoms with Crippen LogP contribution in [0.5, 0.6) is 0 Å². The minimum Gasteiger partial charge on any atom is -0.345 e. The van der Waals surface area contributed by atoms with Crippen molar-refractivity contribution in [2.24, 2.45) is 0 Å². The fourth-order valence-corrected chi connectivity index (χ4v) is 2.88. The van der Waals surface area contributed by atoms with Crippen molar-refractivity contribution in [3.8, 4) is 0 Å². The van der Waals surface area contributed by atoms with E-state index in [2.05, 4.69) is 46.5 Å². The van der Waals surface area contributed by atoms with E-state index in [0.717, 1.165) is 30.8 Å². The van der Waals surface area contributed by atoms with E-state index in [1.165, 1.54) is 11.1 Å². The van der Waals surface area contributed by atoms with Gasteiger partial charge in [0.2, 0.25) is 0 Å². The van der Waals surface area contributed by atoms with Gasteiger partial charge in [0.15, 0.2) is 0 Å². The van der Waals surface area contributed by atoms with Crippen molar-refractivity contribution in [1.82, 2.24) is 20.2 Å². The van der Waals surface area contributed by atoms with Gasteiger partial charge < -0.3 is 15.2 Å². The molecule has 0 unspecified atom stereocenters. The number of carbonyl (C=O) groups excluding carboxylic acids is 1. The van der Waals surface area contributed by atoms with Gasteiger partial charge in [-0.15, -0.1) is 0 Å². The van der Waals surface area contributed by atoms with Gasteiger partial charge in [0.25, 0.3) is 0 Å².